The topological polar surface area (TPSA) is 130 Å². The van der Waals surface area contributed by atoms with Crippen LogP contribution in [0.1, 0.15) is 36.0 Å². The lowest BCUT2D eigenvalue weighted by Crippen LogP contribution is -2.54. The first-order valence-electron chi connectivity index (χ1n) is 9.39. The summed E-state index contributed by atoms with van der Waals surface area (Å²) in [5, 5.41) is 11.0. The Morgan fingerprint density at radius 2 is 1.54 bits per heavy atom. The van der Waals surface area contributed by atoms with Crippen LogP contribution in [0.3, 0.4) is 0 Å². The summed E-state index contributed by atoms with van der Waals surface area (Å²) in [7, 11) is -3.52. The van der Waals surface area contributed by atoms with Gasteiger partial charge in [0, 0.05) is 50.9 Å². The number of piperazine rings is 1. The van der Waals surface area contributed by atoms with Crippen molar-refractivity contribution >= 4 is 27.5 Å². The lowest BCUT2D eigenvalue weighted by atomic mass is 10.1. The summed E-state index contributed by atoms with van der Waals surface area (Å²) in [5.74, 6) is -0.366. The molecule has 154 valence electrons. The predicted octanol–water partition coefficient (Wildman–Crippen LogP) is 1.06. The highest BCUT2D eigenvalue weighted by Gasteiger charge is 2.34. The molecule has 0 aromatic heterocycles. The molecule has 2 N–H and O–H groups in total. The van der Waals surface area contributed by atoms with Gasteiger partial charge in [0.25, 0.3) is 21.8 Å². The van der Waals surface area contributed by atoms with Crippen LogP contribution in [-0.2, 0) is 10.2 Å². The molecule has 2 aliphatic rings. The zero-order chi connectivity index (χ0) is 20.3. The van der Waals surface area contributed by atoms with Crippen LogP contribution in [0.15, 0.2) is 18.2 Å². The fraction of sp³-hybridized carbons (Fsp3) is 0.588. The molecular weight excluding hydrogens is 386 g/mol. The Morgan fingerprint density at radius 1 is 0.964 bits per heavy atom. The number of hydrogen-bond acceptors (Lipinski definition) is 6. The molecule has 0 atom stereocenters. The zero-order valence-corrected chi connectivity index (χ0v) is 16.4. The number of anilines is 1. The van der Waals surface area contributed by atoms with Crippen LogP contribution >= 0.6 is 0 Å². The highest BCUT2D eigenvalue weighted by atomic mass is 32.2. The van der Waals surface area contributed by atoms with Gasteiger partial charge in [-0.05, 0) is 25.0 Å². The third-order valence-electron chi connectivity index (χ3n) is 5.22. The second-order valence-corrected chi connectivity index (χ2v) is 8.97. The number of nitrogen functional groups attached to an aromatic ring is 1. The summed E-state index contributed by atoms with van der Waals surface area (Å²) in [4.78, 5) is 24.6. The quantitative estimate of drug-likeness (QED) is 0.448. The van der Waals surface area contributed by atoms with E-state index in [9.17, 15) is 23.3 Å². The molecule has 1 aromatic rings. The summed E-state index contributed by atoms with van der Waals surface area (Å²) >= 11 is 0. The fourth-order valence-corrected chi connectivity index (χ4v) is 5.25. The van der Waals surface area contributed by atoms with Crippen LogP contribution in [0.2, 0.25) is 0 Å². The van der Waals surface area contributed by atoms with Crippen LogP contribution in [-0.4, -0.2) is 72.0 Å². The minimum absolute atomic E-state index is 0.00471. The highest BCUT2D eigenvalue weighted by molar-refractivity contribution is 7.86. The SMILES string of the molecule is Nc1ccc(C(=O)N2CCN(S(=O)(=O)N3CCCCCC3)CC2)cc1[N+](=O)[O-]. The number of amides is 1. The molecule has 11 heteroatoms. The van der Waals surface area contributed by atoms with Gasteiger partial charge >= 0.3 is 0 Å². The molecule has 0 spiro atoms. The van der Waals surface area contributed by atoms with Gasteiger partial charge in [0.2, 0.25) is 0 Å². The second-order valence-electron chi connectivity index (χ2n) is 7.04. The number of nitrogens with zero attached hydrogens (tertiary/aromatic N) is 4. The predicted molar refractivity (Wildman–Crippen MR) is 104 cm³/mol. The van der Waals surface area contributed by atoms with Gasteiger partial charge in [-0.25, -0.2) is 0 Å². The Balaban J connectivity index is 1.65. The van der Waals surface area contributed by atoms with E-state index in [-0.39, 0.29) is 49.0 Å². The van der Waals surface area contributed by atoms with E-state index in [0.29, 0.717) is 13.1 Å². The van der Waals surface area contributed by atoms with Crippen LogP contribution < -0.4 is 5.73 Å². The number of benzene rings is 1. The summed E-state index contributed by atoms with van der Waals surface area (Å²) < 4.78 is 28.7. The van der Waals surface area contributed by atoms with E-state index in [1.54, 1.807) is 4.31 Å². The molecule has 3 rings (SSSR count). The van der Waals surface area contributed by atoms with Crippen LogP contribution in [0.4, 0.5) is 11.4 Å². The number of rotatable bonds is 4. The molecule has 2 aliphatic heterocycles. The average Bonchev–Trinajstić information content (AvgIpc) is 2.98. The number of carbonyl (C=O) groups is 1. The van der Waals surface area contributed by atoms with Crippen LogP contribution in [0, 0.1) is 10.1 Å². The lowest BCUT2D eigenvalue weighted by molar-refractivity contribution is -0.383. The van der Waals surface area contributed by atoms with Gasteiger partial charge < -0.3 is 10.6 Å². The van der Waals surface area contributed by atoms with E-state index in [0.717, 1.165) is 31.7 Å². The van der Waals surface area contributed by atoms with E-state index in [1.165, 1.54) is 21.3 Å². The molecule has 10 nitrogen and oxygen atoms in total. The van der Waals surface area contributed by atoms with Crippen molar-refractivity contribution < 1.29 is 18.1 Å². The number of carbonyl (C=O) groups excluding carboxylic acids is 1. The molecule has 1 aromatic carbocycles. The minimum Gasteiger partial charge on any atom is -0.393 e. The van der Waals surface area contributed by atoms with E-state index in [2.05, 4.69) is 0 Å². The molecule has 2 saturated heterocycles. The van der Waals surface area contributed by atoms with Crippen molar-refractivity contribution in [1.29, 1.82) is 0 Å². The van der Waals surface area contributed by atoms with Gasteiger partial charge in [0.1, 0.15) is 5.69 Å². The van der Waals surface area contributed by atoms with E-state index >= 15 is 0 Å². The van der Waals surface area contributed by atoms with Crippen molar-refractivity contribution in [3.8, 4) is 0 Å². The van der Waals surface area contributed by atoms with E-state index in [4.69, 9.17) is 5.73 Å². The zero-order valence-electron chi connectivity index (χ0n) is 15.6. The molecule has 0 aliphatic carbocycles. The fourth-order valence-electron chi connectivity index (χ4n) is 3.57. The second kappa shape index (κ2) is 8.41. The number of nitro benzene ring substituents is 1. The molecule has 2 heterocycles. The van der Waals surface area contributed by atoms with E-state index < -0.39 is 15.1 Å². The maximum absolute atomic E-state index is 12.9. The molecule has 0 radical (unpaired) electrons. The summed E-state index contributed by atoms with van der Waals surface area (Å²) in [5.41, 5.74) is 5.43. The normalized spacial score (nSPS) is 19.9. The number of nitrogens with two attached hydrogens (primary N) is 1. The smallest absolute Gasteiger partial charge is 0.292 e. The van der Waals surface area contributed by atoms with Gasteiger partial charge in [0.05, 0.1) is 4.92 Å². The molecule has 0 saturated carbocycles. The maximum Gasteiger partial charge on any atom is 0.292 e. The molecule has 28 heavy (non-hydrogen) atoms. The Labute approximate surface area is 164 Å². The average molecular weight is 411 g/mol. The molecule has 0 unspecified atom stereocenters. The Morgan fingerprint density at radius 3 is 2.11 bits per heavy atom. The minimum atomic E-state index is -3.52. The number of nitro groups is 1. The highest BCUT2D eigenvalue weighted by Crippen LogP contribution is 2.24. The summed E-state index contributed by atoms with van der Waals surface area (Å²) in [6.45, 7) is 1.98. The molecular formula is C17H25N5O5S. The van der Waals surface area contributed by atoms with Crippen molar-refractivity contribution in [1.82, 2.24) is 13.5 Å². The van der Waals surface area contributed by atoms with Gasteiger partial charge in [0.15, 0.2) is 0 Å². The van der Waals surface area contributed by atoms with Crippen molar-refractivity contribution in [2.24, 2.45) is 0 Å². The van der Waals surface area contributed by atoms with Crippen molar-refractivity contribution in [3.63, 3.8) is 0 Å². The summed E-state index contributed by atoms with van der Waals surface area (Å²) in [6.07, 6.45) is 3.82. The monoisotopic (exact) mass is 411 g/mol. The van der Waals surface area contributed by atoms with Crippen molar-refractivity contribution in [2.75, 3.05) is 45.0 Å². The Hall–Kier alpha value is -2.24. The lowest BCUT2D eigenvalue weighted by Gasteiger charge is -2.36. The van der Waals surface area contributed by atoms with Gasteiger partial charge in [-0.15, -0.1) is 0 Å². The third-order valence-corrected chi connectivity index (χ3v) is 7.25. The number of hydrogen-bond donors (Lipinski definition) is 1. The van der Waals surface area contributed by atoms with Crippen LogP contribution in [0.5, 0.6) is 0 Å². The first-order chi connectivity index (χ1) is 13.3. The Bertz CT molecular complexity index is 843. The van der Waals surface area contributed by atoms with Crippen LogP contribution in [0.25, 0.3) is 0 Å². The standard InChI is InChI=1S/C17H25N5O5S/c18-15-6-5-14(13-16(15)22(24)25)17(23)19-9-11-21(12-10-19)28(26,27)20-7-3-1-2-4-8-20/h5-6,13H,1-4,7-12,18H2. The van der Waals surface area contributed by atoms with Crippen molar-refractivity contribution in [2.45, 2.75) is 25.7 Å². The van der Waals surface area contributed by atoms with Crippen molar-refractivity contribution in [3.05, 3.63) is 33.9 Å². The first kappa shape index (κ1) is 20.5. The molecule has 2 fully saturated rings. The molecule has 1 amide bonds. The van der Waals surface area contributed by atoms with Gasteiger partial charge in [-0.3, -0.25) is 14.9 Å². The largest absolute Gasteiger partial charge is 0.393 e. The van der Waals surface area contributed by atoms with Gasteiger partial charge in [-0.1, -0.05) is 12.8 Å². The maximum atomic E-state index is 12.9. The molecule has 0 bridgehead atoms. The van der Waals surface area contributed by atoms with Gasteiger partial charge in [-0.2, -0.15) is 17.0 Å². The summed E-state index contributed by atoms with van der Waals surface area (Å²) in [6, 6.07) is 3.95. The first-order valence-corrected chi connectivity index (χ1v) is 10.8. The van der Waals surface area contributed by atoms with E-state index in [1.807, 2.05) is 0 Å². The Kier molecular flexibility index (Phi) is 6.16. The third kappa shape index (κ3) is 4.26.